The average molecular weight is 283 g/mol. The van der Waals surface area contributed by atoms with E-state index in [9.17, 15) is 4.79 Å². The fourth-order valence-electron chi connectivity index (χ4n) is 2.30. The number of ether oxygens (including phenoxy) is 1. The maximum atomic E-state index is 11.2. The molecule has 0 bridgehead atoms. The van der Waals surface area contributed by atoms with Gasteiger partial charge in [-0.1, -0.05) is 0 Å². The SMILES string of the molecule is COC(=O)Cc1csc(NCC2(N(C)C)CCC2)n1. The Balaban J connectivity index is 1.88. The predicted molar refractivity (Wildman–Crippen MR) is 76.6 cm³/mol. The van der Waals surface area contributed by atoms with Gasteiger partial charge in [-0.05, 0) is 33.4 Å². The first-order valence-electron chi connectivity index (χ1n) is 6.48. The van der Waals surface area contributed by atoms with Gasteiger partial charge in [0.25, 0.3) is 0 Å². The Morgan fingerprint density at radius 2 is 2.32 bits per heavy atom. The molecular formula is C13H21N3O2S. The lowest BCUT2D eigenvalue weighted by atomic mass is 9.75. The summed E-state index contributed by atoms with van der Waals surface area (Å²) < 4.78 is 4.63. The zero-order valence-electron chi connectivity index (χ0n) is 11.7. The Kier molecular flexibility index (Phi) is 4.42. The van der Waals surface area contributed by atoms with Gasteiger partial charge in [0.1, 0.15) is 0 Å². The summed E-state index contributed by atoms with van der Waals surface area (Å²) in [4.78, 5) is 17.9. The van der Waals surface area contributed by atoms with Crippen LogP contribution < -0.4 is 5.32 Å². The van der Waals surface area contributed by atoms with Crippen LogP contribution in [0.5, 0.6) is 0 Å². The first kappa shape index (κ1) is 14.3. The van der Waals surface area contributed by atoms with Gasteiger partial charge in [-0.2, -0.15) is 0 Å². The number of likely N-dealkylation sites (N-methyl/N-ethyl adjacent to an activating group) is 1. The van der Waals surface area contributed by atoms with Crippen LogP contribution in [-0.2, 0) is 16.0 Å². The van der Waals surface area contributed by atoms with Crippen molar-refractivity contribution in [1.82, 2.24) is 9.88 Å². The van der Waals surface area contributed by atoms with E-state index >= 15 is 0 Å². The van der Waals surface area contributed by atoms with Crippen LogP contribution >= 0.6 is 11.3 Å². The van der Waals surface area contributed by atoms with E-state index in [0.717, 1.165) is 17.4 Å². The third-order valence-corrected chi connectivity index (χ3v) is 4.76. The van der Waals surface area contributed by atoms with E-state index in [0.29, 0.717) is 0 Å². The van der Waals surface area contributed by atoms with E-state index in [-0.39, 0.29) is 17.9 Å². The molecule has 5 nitrogen and oxygen atoms in total. The number of carbonyl (C=O) groups excluding carboxylic acids is 1. The lowest BCUT2D eigenvalue weighted by molar-refractivity contribution is -0.139. The molecule has 1 saturated carbocycles. The van der Waals surface area contributed by atoms with Crippen molar-refractivity contribution in [3.63, 3.8) is 0 Å². The molecule has 0 unspecified atom stereocenters. The monoisotopic (exact) mass is 283 g/mol. The quantitative estimate of drug-likeness (QED) is 0.806. The molecule has 1 aromatic rings. The van der Waals surface area contributed by atoms with Crippen LogP contribution in [0.2, 0.25) is 0 Å². The second kappa shape index (κ2) is 5.88. The van der Waals surface area contributed by atoms with E-state index in [1.54, 1.807) is 11.3 Å². The Bertz CT molecular complexity index is 441. The molecular weight excluding hydrogens is 262 g/mol. The van der Waals surface area contributed by atoms with Gasteiger partial charge < -0.3 is 15.0 Å². The number of esters is 1. The number of methoxy groups -OCH3 is 1. The maximum Gasteiger partial charge on any atom is 0.311 e. The number of aromatic nitrogens is 1. The van der Waals surface area contributed by atoms with Gasteiger partial charge in [-0.15, -0.1) is 11.3 Å². The van der Waals surface area contributed by atoms with Crippen LogP contribution in [0.15, 0.2) is 5.38 Å². The van der Waals surface area contributed by atoms with Crippen molar-refractivity contribution in [3.8, 4) is 0 Å². The van der Waals surface area contributed by atoms with Crippen LogP contribution in [0.25, 0.3) is 0 Å². The molecule has 0 spiro atoms. The first-order valence-corrected chi connectivity index (χ1v) is 7.36. The van der Waals surface area contributed by atoms with Crippen LogP contribution in [0.3, 0.4) is 0 Å². The fraction of sp³-hybridized carbons (Fsp3) is 0.692. The summed E-state index contributed by atoms with van der Waals surface area (Å²) in [6.07, 6.45) is 4.00. The molecule has 0 radical (unpaired) electrons. The standard InChI is InChI=1S/C13H21N3O2S/c1-16(2)13(5-4-6-13)9-14-12-15-10(8-19-12)7-11(17)18-3/h8H,4-7,9H2,1-3H3,(H,14,15). The van der Waals surface area contributed by atoms with Crippen molar-refractivity contribution >= 4 is 22.4 Å². The van der Waals surface area contributed by atoms with E-state index < -0.39 is 0 Å². The summed E-state index contributed by atoms with van der Waals surface area (Å²) in [7, 11) is 5.65. The van der Waals surface area contributed by atoms with Crippen molar-refractivity contribution in [2.75, 3.05) is 33.1 Å². The summed E-state index contributed by atoms with van der Waals surface area (Å²) >= 11 is 1.54. The van der Waals surface area contributed by atoms with Crippen molar-refractivity contribution in [1.29, 1.82) is 0 Å². The molecule has 0 amide bonds. The Labute approximate surface area is 118 Å². The third kappa shape index (κ3) is 3.25. The highest BCUT2D eigenvalue weighted by Gasteiger charge is 2.38. The van der Waals surface area contributed by atoms with Crippen LogP contribution in [0, 0.1) is 0 Å². The zero-order valence-corrected chi connectivity index (χ0v) is 12.5. The predicted octanol–water partition coefficient (Wildman–Crippen LogP) is 1.75. The molecule has 0 aromatic carbocycles. The second-order valence-corrected chi connectivity index (χ2v) is 6.08. The minimum Gasteiger partial charge on any atom is -0.469 e. The van der Waals surface area contributed by atoms with Crippen molar-refractivity contribution in [2.45, 2.75) is 31.2 Å². The minimum atomic E-state index is -0.249. The molecule has 0 saturated heterocycles. The topological polar surface area (TPSA) is 54.5 Å². The molecule has 0 atom stereocenters. The Morgan fingerprint density at radius 3 is 2.84 bits per heavy atom. The molecule has 1 N–H and O–H groups in total. The lowest BCUT2D eigenvalue weighted by Gasteiger charge is -2.47. The summed E-state index contributed by atoms with van der Waals surface area (Å²) in [6, 6.07) is 0. The van der Waals surface area contributed by atoms with E-state index in [1.807, 2.05) is 5.38 Å². The highest BCUT2D eigenvalue weighted by molar-refractivity contribution is 7.13. The van der Waals surface area contributed by atoms with Crippen LogP contribution in [0.1, 0.15) is 25.0 Å². The lowest BCUT2D eigenvalue weighted by Crippen LogP contribution is -2.54. The average Bonchev–Trinajstić information content (AvgIpc) is 2.74. The van der Waals surface area contributed by atoms with Gasteiger partial charge in [0.05, 0.1) is 19.2 Å². The summed E-state index contributed by atoms with van der Waals surface area (Å²) in [6.45, 7) is 0.908. The molecule has 106 valence electrons. The number of rotatable bonds is 6. The van der Waals surface area contributed by atoms with Gasteiger partial charge >= 0.3 is 5.97 Å². The summed E-state index contributed by atoms with van der Waals surface area (Å²) in [5, 5.41) is 6.18. The fourth-order valence-corrected chi connectivity index (χ4v) is 3.01. The molecule has 1 aromatic heterocycles. The largest absolute Gasteiger partial charge is 0.469 e. The van der Waals surface area contributed by atoms with Gasteiger partial charge in [0.2, 0.25) is 0 Å². The van der Waals surface area contributed by atoms with E-state index in [2.05, 4.69) is 34.0 Å². The number of hydrogen-bond donors (Lipinski definition) is 1. The zero-order chi connectivity index (χ0) is 13.9. The van der Waals surface area contributed by atoms with Crippen molar-refractivity contribution in [3.05, 3.63) is 11.1 Å². The Morgan fingerprint density at radius 1 is 1.58 bits per heavy atom. The van der Waals surface area contributed by atoms with Gasteiger partial charge in [-0.3, -0.25) is 4.79 Å². The second-order valence-electron chi connectivity index (χ2n) is 5.22. The number of nitrogens with zero attached hydrogens (tertiary/aromatic N) is 2. The third-order valence-electron chi connectivity index (χ3n) is 3.91. The van der Waals surface area contributed by atoms with Crippen molar-refractivity contribution < 1.29 is 9.53 Å². The first-order chi connectivity index (χ1) is 9.05. The molecule has 1 aliphatic rings. The van der Waals surface area contributed by atoms with Crippen LogP contribution in [-0.4, -0.2) is 49.1 Å². The van der Waals surface area contributed by atoms with Gasteiger partial charge in [0, 0.05) is 17.5 Å². The van der Waals surface area contributed by atoms with Gasteiger partial charge in [0.15, 0.2) is 5.13 Å². The molecule has 19 heavy (non-hydrogen) atoms. The highest BCUT2D eigenvalue weighted by Crippen LogP contribution is 2.36. The Hall–Kier alpha value is -1.14. The number of nitrogens with one attached hydrogen (secondary N) is 1. The number of thiazole rings is 1. The summed E-state index contributed by atoms with van der Waals surface area (Å²) in [5.41, 5.74) is 1.04. The van der Waals surface area contributed by atoms with E-state index in [4.69, 9.17) is 0 Å². The highest BCUT2D eigenvalue weighted by atomic mass is 32.1. The normalized spacial score (nSPS) is 17.1. The number of hydrogen-bond acceptors (Lipinski definition) is 6. The molecule has 0 aliphatic heterocycles. The van der Waals surface area contributed by atoms with E-state index in [1.165, 1.54) is 26.4 Å². The molecule has 1 heterocycles. The minimum absolute atomic E-state index is 0.244. The smallest absolute Gasteiger partial charge is 0.311 e. The summed E-state index contributed by atoms with van der Waals surface area (Å²) in [5.74, 6) is -0.249. The number of carbonyl (C=O) groups is 1. The molecule has 1 aliphatic carbocycles. The molecule has 1 fully saturated rings. The van der Waals surface area contributed by atoms with Gasteiger partial charge in [-0.25, -0.2) is 4.98 Å². The molecule has 2 rings (SSSR count). The van der Waals surface area contributed by atoms with Crippen molar-refractivity contribution in [2.24, 2.45) is 0 Å². The number of anilines is 1. The molecule has 6 heteroatoms. The van der Waals surface area contributed by atoms with Crippen LogP contribution in [0.4, 0.5) is 5.13 Å². The maximum absolute atomic E-state index is 11.2.